The summed E-state index contributed by atoms with van der Waals surface area (Å²) in [7, 11) is -3.54. The van der Waals surface area contributed by atoms with E-state index in [0.29, 0.717) is 17.1 Å². The molecule has 0 fully saturated rings. The minimum atomic E-state index is -3.54. The summed E-state index contributed by atoms with van der Waals surface area (Å²) >= 11 is 6.12. The molecule has 2 rings (SSSR count). The highest BCUT2D eigenvalue weighted by atomic mass is 35.5. The van der Waals surface area contributed by atoms with E-state index in [1.165, 1.54) is 9.21 Å². The number of carbonyl (C=O) groups excluding carboxylic acids is 2. The number of halogens is 1. The number of sulfonamides is 1. The molecule has 1 N–H and O–H groups in total. The molecule has 0 spiro atoms. The van der Waals surface area contributed by atoms with Gasteiger partial charge in [0.2, 0.25) is 21.8 Å². The van der Waals surface area contributed by atoms with Gasteiger partial charge in [-0.15, -0.1) is 0 Å². The minimum absolute atomic E-state index is 0.0609. The van der Waals surface area contributed by atoms with E-state index in [-0.39, 0.29) is 37.4 Å². The Kier molecular flexibility index (Phi) is 10.2. The Morgan fingerprint density at radius 2 is 1.66 bits per heavy atom. The summed E-state index contributed by atoms with van der Waals surface area (Å²) in [5.74, 6) is -0.478. The highest BCUT2D eigenvalue weighted by Gasteiger charge is 2.27. The van der Waals surface area contributed by atoms with Crippen LogP contribution in [0.2, 0.25) is 5.02 Å². The molecule has 192 valence electrons. The smallest absolute Gasteiger partial charge is 0.242 e. The third-order valence-electron chi connectivity index (χ3n) is 5.49. The summed E-state index contributed by atoms with van der Waals surface area (Å²) in [6.45, 7) is 9.62. The number of hydrogen-bond acceptors (Lipinski definition) is 4. The van der Waals surface area contributed by atoms with E-state index in [1.54, 1.807) is 25.1 Å². The fourth-order valence-corrected chi connectivity index (χ4v) is 5.08. The lowest BCUT2D eigenvalue weighted by Crippen LogP contribution is -2.49. The molecule has 2 aromatic rings. The Hall–Kier alpha value is -2.58. The summed E-state index contributed by atoms with van der Waals surface area (Å²) < 4.78 is 26.3. The second-order valence-corrected chi connectivity index (χ2v) is 11.6. The first kappa shape index (κ1) is 28.7. The number of carbonyl (C=O) groups is 2. The predicted molar refractivity (Wildman–Crippen MR) is 142 cm³/mol. The first-order chi connectivity index (χ1) is 16.3. The minimum Gasteiger partial charge on any atom is -0.352 e. The van der Waals surface area contributed by atoms with Crippen LogP contribution in [-0.4, -0.2) is 50.0 Å². The summed E-state index contributed by atoms with van der Waals surface area (Å²) in [5.41, 5.74) is 3.31. The van der Waals surface area contributed by atoms with Gasteiger partial charge in [0.25, 0.3) is 0 Å². The van der Waals surface area contributed by atoms with Gasteiger partial charge >= 0.3 is 0 Å². The number of nitrogens with one attached hydrogen (secondary N) is 1. The van der Waals surface area contributed by atoms with Crippen molar-refractivity contribution in [1.29, 1.82) is 0 Å². The number of hydrogen-bond donors (Lipinski definition) is 1. The van der Waals surface area contributed by atoms with E-state index >= 15 is 0 Å². The lowest BCUT2D eigenvalue weighted by atomic mass is 10.1. The first-order valence-corrected chi connectivity index (χ1v) is 13.9. The number of anilines is 1. The number of nitrogens with zero attached hydrogens (tertiary/aromatic N) is 2. The predicted octanol–water partition coefficient (Wildman–Crippen LogP) is 4.44. The molecule has 0 saturated carbocycles. The number of benzene rings is 2. The number of amides is 2. The van der Waals surface area contributed by atoms with E-state index < -0.39 is 16.1 Å². The van der Waals surface area contributed by atoms with Crippen LogP contribution in [0.4, 0.5) is 5.69 Å². The van der Waals surface area contributed by atoms with Crippen LogP contribution in [0.3, 0.4) is 0 Å². The first-order valence-electron chi connectivity index (χ1n) is 11.7. The molecule has 0 aliphatic rings. The molecule has 0 heterocycles. The van der Waals surface area contributed by atoms with Crippen molar-refractivity contribution < 1.29 is 18.0 Å². The maximum atomic E-state index is 13.3. The van der Waals surface area contributed by atoms with Gasteiger partial charge in [0.05, 0.1) is 11.9 Å². The highest BCUT2D eigenvalue weighted by molar-refractivity contribution is 7.92. The van der Waals surface area contributed by atoms with Crippen LogP contribution >= 0.6 is 11.6 Å². The van der Waals surface area contributed by atoms with Crippen LogP contribution in [0.5, 0.6) is 0 Å². The topological polar surface area (TPSA) is 86.8 Å². The maximum Gasteiger partial charge on any atom is 0.242 e. The lowest BCUT2D eigenvalue weighted by molar-refractivity contribution is -0.140. The van der Waals surface area contributed by atoms with Crippen molar-refractivity contribution in [2.45, 2.75) is 66.1 Å². The normalized spacial score (nSPS) is 12.3. The summed E-state index contributed by atoms with van der Waals surface area (Å²) in [6, 6.07) is 12.0. The summed E-state index contributed by atoms with van der Waals surface area (Å²) in [6.07, 6.45) is 1.57. The third kappa shape index (κ3) is 8.85. The second kappa shape index (κ2) is 12.4. The average molecular weight is 522 g/mol. The molecule has 0 radical (unpaired) electrons. The highest BCUT2D eigenvalue weighted by Crippen LogP contribution is 2.22. The zero-order valence-corrected chi connectivity index (χ0v) is 22.9. The van der Waals surface area contributed by atoms with Gasteiger partial charge in [-0.2, -0.15) is 0 Å². The van der Waals surface area contributed by atoms with Crippen molar-refractivity contribution in [3.05, 3.63) is 64.2 Å². The zero-order valence-electron chi connectivity index (χ0n) is 21.3. The van der Waals surface area contributed by atoms with E-state index in [2.05, 4.69) is 5.32 Å². The van der Waals surface area contributed by atoms with Crippen LogP contribution in [0.25, 0.3) is 0 Å². The standard InChI is InChI=1S/C26H36ClN3O4S/c1-18(2)28-26(32)21(5)29(17-22-9-7-10-23(27)16-22)25(31)11-8-12-30(35(6,33)34)24-14-19(3)13-20(4)15-24/h7,9-10,13-16,18,21H,8,11-12,17H2,1-6H3,(H,28,32). The molecule has 1 unspecified atom stereocenters. The molecule has 0 aromatic heterocycles. The van der Waals surface area contributed by atoms with E-state index in [1.807, 2.05) is 52.0 Å². The van der Waals surface area contributed by atoms with Crippen LogP contribution in [0, 0.1) is 13.8 Å². The molecule has 1 atom stereocenters. The maximum absolute atomic E-state index is 13.3. The molecule has 35 heavy (non-hydrogen) atoms. The van der Waals surface area contributed by atoms with Gasteiger partial charge in [0, 0.05) is 30.6 Å². The Bertz CT molecular complexity index is 1130. The van der Waals surface area contributed by atoms with Gasteiger partial charge in [-0.25, -0.2) is 8.42 Å². The van der Waals surface area contributed by atoms with Gasteiger partial charge in [0.15, 0.2) is 0 Å². The third-order valence-corrected chi connectivity index (χ3v) is 6.92. The molecule has 0 bridgehead atoms. The largest absolute Gasteiger partial charge is 0.352 e. The molecule has 0 aliphatic carbocycles. The Morgan fingerprint density at radius 3 is 2.20 bits per heavy atom. The van der Waals surface area contributed by atoms with Crippen LogP contribution < -0.4 is 9.62 Å². The van der Waals surface area contributed by atoms with Crippen LogP contribution in [-0.2, 0) is 26.2 Å². The number of rotatable bonds is 11. The van der Waals surface area contributed by atoms with Gasteiger partial charge in [-0.1, -0.05) is 29.8 Å². The molecule has 9 heteroatoms. The molecule has 0 aliphatic heterocycles. The van der Waals surface area contributed by atoms with Gasteiger partial charge in [0.1, 0.15) is 6.04 Å². The molecule has 7 nitrogen and oxygen atoms in total. The molecular weight excluding hydrogens is 486 g/mol. The zero-order chi connectivity index (χ0) is 26.3. The quantitative estimate of drug-likeness (QED) is 0.473. The fraction of sp³-hybridized carbons (Fsp3) is 0.462. The molecular formula is C26H36ClN3O4S. The number of aryl methyl sites for hydroxylation is 2. The molecule has 0 saturated heterocycles. The van der Waals surface area contributed by atoms with Gasteiger partial charge in [-0.05, 0) is 82.0 Å². The Balaban J connectivity index is 2.20. The van der Waals surface area contributed by atoms with Crippen LogP contribution in [0.1, 0.15) is 50.3 Å². The summed E-state index contributed by atoms with van der Waals surface area (Å²) in [4.78, 5) is 27.5. The Morgan fingerprint density at radius 1 is 1.03 bits per heavy atom. The van der Waals surface area contributed by atoms with E-state index in [0.717, 1.165) is 22.9 Å². The van der Waals surface area contributed by atoms with Crippen molar-refractivity contribution in [2.24, 2.45) is 0 Å². The average Bonchev–Trinajstić information content (AvgIpc) is 2.72. The van der Waals surface area contributed by atoms with Crippen molar-refractivity contribution in [3.8, 4) is 0 Å². The molecule has 2 amide bonds. The van der Waals surface area contributed by atoms with Crippen LogP contribution in [0.15, 0.2) is 42.5 Å². The van der Waals surface area contributed by atoms with Crippen molar-refractivity contribution >= 4 is 39.1 Å². The van der Waals surface area contributed by atoms with Gasteiger partial charge in [-0.3, -0.25) is 13.9 Å². The van der Waals surface area contributed by atoms with Gasteiger partial charge < -0.3 is 10.2 Å². The SMILES string of the molecule is Cc1cc(C)cc(N(CCCC(=O)N(Cc2cccc(Cl)c2)C(C)C(=O)NC(C)C)S(C)(=O)=O)c1. The van der Waals surface area contributed by atoms with Crippen molar-refractivity contribution in [1.82, 2.24) is 10.2 Å². The molecule has 2 aromatic carbocycles. The summed E-state index contributed by atoms with van der Waals surface area (Å²) in [5, 5.41) is 3.40. The van der Waals surface area contributed by atoms with E-state index in [9.17, 15) is 18.0 Å². The Labute approximate surface area is 214 Å². The lowest BCUT2D eigenvalue weighted by Gasteiger charge is -2.30. The van der Waals surface area contributed by atoms with Crippen molar-refractivity contribution in [3.63, 3.8) is 0 Å². The second-order valence-electron chi connectivity index (χ2n) is 9.28. The van der Waals surface area contributed by atoms with Crippen molar-refractivity contribution in [2.75, 3.05) is 17.1 Å². The monoisotopic (exact) mass is 521 g/mol. The van der Waals surface area contributed by atoms with E-state index in [4.69, 9.17) is 11.6 Å². The fourth-order valence-electron chi connectivity index (χ4n) is 3.92.